The zero-order valence-corrected chi connectivity index (χ0v) is 12.2. The van der Waals surface area contributed by atoms with Gasteiger partial charge >= 0.3 is 5.97 Å². The Labute approximate surface area is 120 Å². The Hall–Kier alpha value is -1.40. The molecule has 1 atom stereocenters. The van der Waals surface area contributed by atoms with Crippen molar-refractivity contribution in [1.29, 1.82) is 0 Å². The molecular formula is C13H17BrN2O3. The second kappa shape index (κ2) is 7.25. The predicted octanol–water partition coefficient (Wildman–Crippen LogP) is 1.22. The van der Waals surface area contributed by atoms with Crippen LogP contribution in [0.15, 0.2) is 22.7 Å². The number of hydrogen-bond donors (Lipinski definition) is 3. The second-order valence-corrected chi connectivity index (χ2v) is 5.24. The SMILES string of the molecule is Cc1ccc(Br)cc1CCNC(=O)CC(N)C(=O)O. The van der Waals surface area contributed by atoms with Crippen LogP contribution in [0.1, 0.15) is 17.5 Å². The minimum absolute atomic E-state index is 0.202. The quantitative estimate of drug-likeness (QED) is 0.732. The van der Waals surface area contributed by atoms with Gasteiger partial charge in [-0.3, -0.25) is 9.59 Å². The van der Waals surface area contributed by atoms with Crippen molar-refractivity contribution in [3.8, 4) is 0 Å². The molecular weight excluding hydrogens is 312 g/mol. The number of benzene rings is 1. The highest BCUT2D eigenvalue weighted by Crippen LogP contribution is 2.16. The number of nitrogens with two attached hydrogens (primary N) is 1. The summed E-state index contributed by atoms with van der Waals surface area (Å²) in [5, 5.41) is 11.3. The van der Waals surface area contributed by atoms with E-state index in [0.29, 0.717) is 13.0 Å². The lowest BCUT2D eigenvalue weighted by Gasteiger charge is -2.09. The fraction of sp³-hybridized carbons (Fsp3) is 0.385. The van der Waals surface area contributed by atoms with Crippen LogP contribution < -0.4 is 11.1 Å². The molecule has 6 heteroatoms. The molecule has 0 radical (unpaired) electrons. The Morgan fingerprint density at radius 2 is 2.16 bits per heavy atom. The van der Waals surface area contributed by atoms with Crippen LogP contribution in [0.3, 0.4) is 0 Å². The van der Waals surface area contributed by atoms with Gasteiger partial charge in [0.1, 0.15) is 6.04 Å². The molecule has 0 aliphatic carbocycles. The monoisotopic (exact) mass is 328 g/mol. The highest BCUT2D eigenvalue weighted by Gasteiger charge is 2.15. The van der Waals surface area contributed by atoms with Gasteiger partial charge in [-0.25, -0.2) is 0 Å². The van der Waals surface area contributed by atoms with Crippen molar-refractivity contribution in [3.05, 3.63) is 33.8 Å². The molecule has 1 unspecified atom stereocenters. The molecule has 19 heavy (non-hydrogen) atoms. The molecule has 0 aliphatic rings. The number of carbonyl (C=O) groups excluding carboxylic acids is 1. The molecule has 1 aromatic rings. The highest BCUT2D eigenvalue weighted by atomic mass is 79.9. The number of carboxylic acids is 1. The fourth-order valence-electron chi connectivity index (χ4n) is 1.61. The van der Waals surface area contributed by atoms with Crippen LogP contribution in [0.25, 0.3) is 0 Å². The van der Waals surface area contributed by atoms with Crippen LogP contribution in [-0.4, -0.2) is 29.6 Å². The van der Waals surface area contributed by atoms with Crippen LogP contribution >= 0.6 is 15.9 Å². The largest absolute Gasteiger partial charge is 0.480 e. The molecule has 4 N–H and O–H groups in total. The van der Waals surface area contributed by atoms with E-state index in [1.165, 1.54) is 0 Å². The number of hydrogen-bond acceptors (Lipinski definition) is 3. The molecule has 0 bridgehead atoms. The summed E-state index contributed by atoms with van der Waals surface area (Å²) in [5.41, 5.74) is 7.57. The zero-order valence-electron chi connectivity index (χ0n) is 10.6. The summed E-state index contributed by atoms with van der Waals surface area (Å²) in [5.74, 6) is -1.51. The smallest absolute Gasteiger partial charge is 0.321 e. The van der Waals surface area contributed by atoms with Crippen molar-refractivity contribution in [1.82, 2.24) is 5.32 Å². The van der Waals surface area contributed by atoms with Crippen molar-refractivity contribution in [2.24, 2.45) is 5.73 Å². The van der Waals surface area contributed by atoms with Gasteiger partial charge in [0.15, 0.2) is 0 Å². The number of carbonyl (C=O) groups is 2. The molecule has 5 nitrogen and oxygen atoms in total. The van der Waals surface area contributed by atoms with E-state index in [-0.39, 0.29) is 12.3 Å². The molecule has 0 heterocycles. The summed E-state index contributed by atoms with van der Waals surface area (Å²) in [6.07, 6.45) is 0.492. The first-order chi connectivity index (χ1) is 8.90. The van der Waals surface area contributed by atoms with Gasteiger partial charge in [0.2, 0.25) is 5.91 Å². The third kappa shape index (κ3) is 5.40. The number of nitrogens with one attached hydrogen (secondary N) is 1. The first-order valence-electron chi connectivity index (χ1n) is 5.90. The summed E-state index contributed by atoms with van der Waals surface area (Å²) in [7, 11) is 0. The molecule has 104 valence electrons. The van der Waals surface area contributed by atoms with Gasteiger partial charge in [0.25, 0.3) is 0 Å². The van der Waals surface area contributed by atoms with Crippen LogP contribution in [-0.2, 0) is 16.0 Å². The predicted molar refractivity (Wildman–Crippen MR) is 75.8 cm³/mol. The maximum atomic E-state index is 11.4. The maximum absolute atomic E-state index is 11.4. The molecule has 1 rings (SSSR count). The Balaban J connectivity index is 2.40. The van der Waals surface area contributed by atoms with E-state index in [2.05, 4.69) is 21.2 Å². The van der Waals surface area contributed by atoms with Gasteiger partial charge in [-0.15, -0.1) is 0 Å². The summed E-state index contributed by atoms with van der Waals surface area (Å²) in [6, 6.07) is 4.82. The zero-order chi connectivity index (χ0) is 14.4. The number of halogens is 1. The number of amides is 1. The third-order valence-corrected chi connectivity index (χ3v) is 3.24. The summed E-state index contributed by atoms with van der Waals surface area (Å²) >= 11 is 3.40. The molecule has 0 aliphatic heterocycles. The third-order valence-electron chi connectivity index (χ3n) is 2.75. The standard InChI is InChI=1S/C13H17BrN2O3/c1-8-2-3-10(14)6-9(8)4-5-16-12(17)7-11(15)13(18)19/h2-3,6,11H,4-5,7,15H2,1H3,(H,16,17)(H,18,19). The first kappa shape index (κ1) is 15.7. The Morgan fingerprint density at radius 1 is 1.47 bits per heavy atom. The van der Waals surface area contributed by atoms with Crippen molar-refractivity contribution in [2.45, 2.75) is 25.8 Å². The number of aryl methyl sites for hydroxylation is 1. The maximum Gasteiger partial charge on any atom is 0.321 e. The van der Waals surface area contributed by atoms with Crippen LogP contribution in [0, 0.1) is 6.92 Å². The van der Waals surface area contributed by atoms with E-state index < -0.39 is 12.0 Å². The van der Waals surface area contributed by atoms with Crippen molar-refractivity contribution >= 4 is 27.8 Å². The molecule has 1 amide bonds. The van der Waals surface area contributed by atoms with E-state index in [1.807, 2.05) is 25.1 Å². The van der Waals surface area contributed by atoms with E-state index in [9.17, 15) is 9.59 Å². The molecule has 0 spiro atoms. The average molecular weight is 329 g/mol. The van der Waals surface area contributed by atoms with Gasteiger partial charge in [-0.2, -0.15) is 0 Å². The van der Waals surface area contributed by atoms with Crippen molar-refractivity contribution in [3.63, 3.8) is 0 Å². The number of rotatable bonds is 6. The van der Waals surface area contributed by atoms with Gasteiger partial charge in [0, 0.05) is 11.0 Å². The normalized spacial score (nSPS) is 11.9. The summed E-state index contributed by atoms with van der Waals surface area (Å²) in [6.45, 7) is 2.46. The molecule has 1 aromatic carbocycles. The lowest BCUT2D eigenvalue weighted by molar-refractivity contribution is -0.140. The lowest BCUT2D eigenvalue weighted by atomic mass is 10.1. The van der Waals surface area contributed by atoms with Gasteiger partial charge in [-0.1, -0.05) is 22.0 Å². The van der Waals surface area contributed by atoms with E-state index in [0.717, 1.165) is 15.6 Å². The second-order valence-electron chi connectivity index (χ2n) is 4.32. The highest BCUT2D eigenvalue weighted by molar-refractivity contribution is 9.10. The van der Waals surface area contributed by atoms with Crippen LogP contribution in [0.5, 0.6) is 0 Å². The summed E-state index contributed by atoms with van der Waals surface area (Å²) in [4.78, 5) is 21.9. The molecule has 0 saturated heterocycles. The van der Waals surface area contributed by atoms with Gasteiger partial charge < -0.3 is 16.2 Å². The van der Waals surface area contributed by atoms with Crippen molar-refractivity contribution < 1.29 is 14.7 Å². The number of aliphatic carboxylic acids is 1. The summed E-state index contributed by atoms with van der Waals surface area (Å²) < 4.78 is 0.993. The molecule has 0 saturated carbocycles. The fourth-order valence-corrected chi connectivity index (χ4v) is 2.01. The van der Waals surface area contributed by atoms with E-state index >= 15 is 0 Å². The minimum atomic E-state index is -1.17. The topological polar surface area (TPSA) is 92.4 Å². The lowest BCUT2D eigenvalue weighted by Crippen LogP contribution is -2.37. The molecule has 0 aromatic heterocycles. The Bertz CT molecular complexity index is 477. The van der Waals surface area contributed by atoms with E-state index in [1.54, 1.807) is 0 Å². The first-order valence-corrected chi connectivity index (χ1v) is 6.69. The Kier molecular flexibility index (Phi) is 5.98. The van der Waals surface area contributed by atoms with Gasteiger partial charge in [0.05, 0.1) is 6.42 Å². The Morgan fingerprint density at radius 3 is 2.79 bits per heavy atom. The van der Waals surface area contributed by atoms with Crippen LogP contribution in [0.2, 0.25) is 0 Å². The number of carboxylic acid groups (broad SMARTS) is 1. The minimum Gasteiger partial charge on any atom is -0.480 e. The average Bonchev–Trinajstić information content (AvgIpc) is 2.33. The van der Waals surface area contributed by atoms with Crippen LogP contribution in [0.4, 0.5) is 0 Å². The molecule has 0 fully saturated rings. The van der Waals surface area contributed by atoms with Crippen molar-refractivity contribution in [2.75, 3.05) is 6.54 Å². The van der Waals surface area contributed by atoms with E-state index in [4.69, 9.17) is 10.8 Å². The van der Waals surface area contributed by atoms with Gasteiger partial charge in [-0.05, 0) is 36.6 Å².